The average molecular weight is 441 g/mol. The van der Waals surface area contributed by atoms with E-state index >= 15 is 0 Å². The van der Waals surface area contributed by atoms with E-state index in [1.165, 1.54) is 23.8 Å². The molecule has 0 atom stereocenters. The number of carbonyl (C=O) groups is 2. The molecule has 32 heavy (non-hydrogen) atoms. The van der Waals surface area contributed by atoms with Gasteiger partial charge in [-0.25, -0.2) is 4.39 Å². The van der Waals surface area contributed by atoms with E-state index in [-0.39, 0.29) is 17.2 Å². The third kappa shape index (κ3) is 6.55. The summed E-state index contributed by atoms with van der Waals surface area (Å²) in [4.78, 5) is 28.8. The van der Waals surface area contributed by atoms with Crippen LogP contribution in [0.3, 0.4) is 0 Å². The summed E-state index contributed by atoms with van der Waals surface area (Å²) in [6.07, 6.45) is 1.77. The minimum atomic E-state index is -0.421. The highest BCUT2D eigenvalue weighted by molar-refractivity contribution is 5.94. The zero-order valence-corrected chi connectivity index (χ0v) is 19.3. The molecular formula is C26H33FN2O3. The van der Waals surface area contributed by atoms with Crippen molar-refractivity contribution in [2.45, 2.75) is 45.4 Å². The average Bonchev–Trinajstić information content (AvgIpc) is 3.02. The normalized spacial score (nSPS) is 14.8. The Morgan fingerprint density at radius 2 is 1.66 bits per heavy atom. The Morgan fingerprint density at radius 3 is 2.34 bits per heavy atom. The number of nitrogens with zero attached hydrogens (tertiary/aromatic N) is 2. The molecule has 1 saturated heterocycles. The van der Waals surface area contributed by atoms with Gasteiger partial charge >= 0.3 is 0 Å². The van der Waals surface area contributed by atoms with Crippen LogP contribution in [0.1, 0.15) is 56.0 Å². The molecule has 2 amide bonds. The molecule has 0 aromatic heterocycles. The number of halogens is 1. The van der Waals surface area contributed by atoms with Crippen LogP contribution in [0.15, 0.2) is 48.5 Å². The van der Waals surface area contributed by atoms with E-state index in [2.05, 4.69) is 32.9 Å². The van der Waals surface area contributed by atoms with Gasteiger partial charge in [0, 0.05) is 38.2 Å². The number of benzene rings is 2. The van der Waals surface area contributed by atoms with Gasteiger partial charge in [-0.1, -0.05) is 39.0 Å². The van der Waals surface area contributed by atoms with E-state index in [0.29, 0.717) is 57.6 Å². The smallest absolute Gasteiger partial charge is 0.254 e. The summed E-state index contributed by atoms with van der Waals surface area (Å²) in [6.45, 7) is 9.15. The summed E-state index contributed by atoms with van der Waals surface area (Å²) < 4.78 is 19.2. The molecule has 6 heteroatoms. The second kappa shape index (κ2) is 10.6. The van der Waals surface area contributed by atoms with Gasteiger partial charge < -0.3 is 14.5 Å². The molecule has 1 aliphatic heterocycles. The fourth-order valence-corrected chi connectivity index (χ4v) is 3.80. The maximum Gasteiger partial charge on any atom is 0.254 e. The second-order valence-corrected chi connectivity index (χ2v) is 9.26. The van der Waals surface area contributed by atoms with Crippen molar-refractivity contribution in [3.05, 3.63) is 65.5 Å². The van der Waals surface area contributed by atoms with E-state index in [1.807, 2.05) is 17.0 Å². The van der Waals surface area contributed by atoms with Gasteiger partial charge in [0.15, 0.2) is 0 Å². The first-order chi connectivity index (χ1) is 15.2. The van der Waals surface area contributed by atoms with E-state index in [0.717, 1.165) is 5.75 Å². The quantitative estimate of drug-likeness (QED) is 0.614. The van der Waals surface area contributed by atoms with Crippen molar-refractivity contribution >= 4 is 11.8 Å². The highest BCUT2D eigenvalue weighted by Gasteiger charge is 2.23. The lowest BCUT2D eigenvalue weighted by Crippen LogP contribution is -2.37. The van der Waals surface area contributed by atoms with Gasteiger partial charge in [-0.2, -0.15) is 0 Å². The minimum Gasteiger partial charge on any atom is -0.494 e. The Bertz CT molecular complexity index is 921. The number of ether oxygens (including phenoxy) is 1. The molecule has 0 N–H and O–H groups in total. The highest BCUT2D eigenvalue weighted by atomic mass is 19.1. The summed E-state index contributed by atoms with van der Waals surface area (Å²) in [5.74, 6) is 0.281. The summed E-state index contributed by atoms with van der Waals surface area (Å²) >= 11 is 0. The molecule has 5 nitrogen and oxygen atoms in total. The molecule has 0 aliphatic carbocycles. The van der Waals surface area contributed by atoms with Gasteiger partial charge in [0.1, 0.15) is 11.6 Å². The first-order valence-corrected chi connectivity index (χ1v) is 11.3. The molecule has 0 bridgehead atoms. The van der Waals surface area contributed by atoms with Crippen LogP contribution < -0.4 is 4.74 Å². The van der Waals surface area contributed by atoms with Crippen molar-refractivity contribution in [2.75, 3.05) is 32.8 Å². The zero-order valence-electron chi connectivity index (χ0n) is 19.3. The maximum absolute atomic E-state index is 13.4. The van der Waals surface area contributed by atoms with Gasteiger partial charge in [0.2, 0.25) is 5.91 Å². The van der Waals surface area contributed by atoms with Gasteiger partial charge in [-0.3, -0.25) is 9.59 Å². The van der Waals surface area contributed by atoms with Crippen molar-refractivity contribution in [1.29, 1.82) is 0 Å². The van der Waals surface area contributed by atoms with Gasteiger partial charge in [-0.15, -0.1) is 0 Å². The van der Waals surface area contributed by atoms with Gasteiger partial charge in [-0.05, 0) is 54.2 Å². The SMILES string of the molecule is CC(C)(C)c1ccc(OCCCC(=O)N2CCCN(C(=O)c3cccc(F)c3)CC2)cc1. The molecule has 0 radical (unpaired) electrons. The minimum absolute atomic E-state index is 0.0803. The summed E-state index contributed by atoms with van der Waals surface area (Å²) in [6, 6.07) is 13.8. The lowest BCUT2D eigenvalue weighted by Gasteiger charge is -2.22. The molecule has 1 fully saturated rings. The number of amides is 2. The van der Waals surface area contributed by atoms with Crippen LogP contribution in [-0.2, 0) is 10.2 Å². The maximum atomic E-state index is 13.4. The predicted octanol–water partition coefficient (Wildman–Crippen LogP) is 4.66. The Kier molecular flexibility index (Phi) is 7.89. The molecule has 2 aromatic rings. The molecule has 0 saturated carbocycles. The third-order valence-corrected chi connectivity index (χ3v) is 5.73. The molecule has 3 rings (SSSR count). The molecule has 172 valence electrons. The number of rotatable bonds is 6. The van der Waals surface area contributed by atoms with Crippen LogP contribution in [0, 0.1) is 5.82 Å². The van der Waals surface area contributed by atoms with Crippen LogP contribution in [0.5, 0.6) is 5.75 Å². The molecule has 1 aliphatic rings. The first-order valence-electron chi connectivity index (χ1n) is 11.3. The van der Waals surface area contributed by atoms with Crippen molar-refractivity contribution in [2.24, 2.45) is 0 Å². The molecular weight excluding hydrogens is 407 g/mol. The largest absolute Gasteiger partial charge is 0.494 e. The van der Waals surface area contributed by atoms with Crippen molar-refractivity contribution in [3.8, 4) is 5.75 Å². The van der Waals surface area contributed by atoms with Gasteiger partial charge in [0.25, 0.3) is 5.91 Å². The Balaban J connectivity index is 1.41. The lowest BCUT2D eigenvalue weighted by atomic mass is 9.87. The topological polar surface area (TPSA) is 49.9 Å². The highest BCUT2D eigenvalue weighted by Crippen LogP contribution is 2.24. The molecule has 2 aromatic carbocycles. The van der Waals surface area contributed by atoms with Crippen LogP contribution >= 0.6 is 0 Å². The van der Waals surface area contributed by atoms with E-state index < -0.39 is 5.82 Å². The molecule has 1 heterocycles. The summed E-state index contributed by atoms with van der Waals surface area (Å²) in [5, 5.41) is 0. The Hall–Kier alpha value is -2.89. The summed E-state index contributed by atoms with van der Waals surface area (Å²) in [7, 11) is 0. The number of carbonyl (C=O) groups excluding carboxylic acids is 2. The van der Waals surface area contributed by atoms with Crippen LogP contribution in [0.2, 0.25) is 0 Å². The van der Waals surface area contributed by atoms with E-state index in [1.54, 1.807) is 11.0 Å². The van der Waals surface area contributed by atoms with Crippen LogP contribution in [0.4, 0.5) is 4.39 Å². The standard InChI is InChI=1S/C26H33FN2O3/c1-26(2,3)21-10-12-23(13-11-21)32-18-5-9-24(30)28-14-6-15-29(17-16-28)25(31)20-7-4-8-22(27)19-20/h4,7-8,10-13,19H,5-6,9,14-18H2,1-3H3. The zero-order chi connectivity index (χ0) is 23.1. The number of hydrogen-bond donors (Lipinski definition) is 0. The van der Waals surface area contributed by atoms with Crippen LogP contribution in [0.25, 0.3) is 0 Å². The lowest BCUT2D eigenvalue weighted by molar-refractivity contribution is -0.131. The molecule has 0 spiro atoms. The Labute approximate surface area is 190 Å². The second-order valence-electron chi connectivity index (χ2n) is 9.26. The third-order valence-electron chi connectivity index (χ3n) is 5.73. The fraction of sp³-hybridized carbons (Fsp3) is 0.462. The fourth-order valence-electron chi connectivity index (χ4n) is 3.80. The first kappa shape index (κ1) is 23.8. The van der Waals surface area contributed by atoms with Crippen molar-refractivity contribution in [1.82, 2.24) is 9.80 Å². The van der Waals surface area contributed by atoms with Crippen molar-refractivity contribution in [3.63, 3.8) is 0 Å². The van der Waals surface area contributed by atoms with Crippen molar-refractivity contribution < 1.29 is 18.7 Å². The van der Waals surface area contributed by atoms with E-state index in [4.69, 9.17) is 4.74 Å². The predicted molar refractivity (Wildman–Crippen MR) is 123 cm³/mol. The van der Waals surface area contributed by atoms with Gasteiger partial charge in [0.05, 0.1) is 6.61 Å². The monoisotopic (exact) mass is 440 g/mol. The number of hydrogen-bond acceptors (Lipinski definition) is 3. The van der Waals surface area contributed by atoms with Crippen LogP contribution in [-0.4, -0.2) is 54.4 Å². The Morgan fingerprint density at radius 1 is 0.969 bits per heavy atom. The van der Waals surface area contributed by atoms with E-state index in [9.17, 15) is 14.0 Å². The molecule has 0 unspecified atom stereocenters. The summed E-state index contributed by atoms with van der Waals surface area (Å²) in [5.41, 5.74) is 1.71.